The molecule has 6 heteroatoms. The number of Topliss-reactive ketones (excluding diaryl/α,β-unsaturated/α-hetero) is 1. The van der Waals surface area contributed by atoms with E-state index in [1.807, 2.05) is 0 Å². The molecule has 1 aromatic heterocycles. The average molecular weight is 227 g/mol. The van der Waals surface area contributed by atoms with E-state index in [1.165, 1.54) is 24.6 Å². The number of aromatic nitrogens is 1. The van der Waals surface area contributed by atoms with Crippen molar-refractivity contribution in [2.75, 3.05) is 7.11 Å². The summed E-state index contributed by atoms with van der Waals surface area (Å²) < 4.78 is 4.89. The Labute approximate surface area is 89.7 Å². The number of hydrogen-bond donors (Lipinski definition) is 1. The van der Waals surface area contributed by atoms with E-state index in [0.717, 1.165) is 0 Å². The number of carbonyl (C=O) groups excluding carboxylic acids is 1. The van der Waals surface area contributed by atoms with E-state index in [4.69, 9.17) is 9.84 Å². The molecular weight excluding hydrogens is 218 g/mol. The van der Waals surface area contributed by atoms with Crippen molar-refractivity contribution in [3.05, 3.63) is 11.1 Å². The van der Waals surface area contributed by atoms with Crippen molar-refractivity contribution in [1.82, 2.24) is 4.98 Å². The summed E-state index contributed by atoms with van der Waals surface area (Å²) in [7, 11) is 1.47. The molecule has 0 bridgehead atoms. The summed E-state index contributed by atoms with van der Waals surface area (Å²) in [6, 6.07) is 0. The molecule has 0 saturated heterocycles. The number of rotatable bonds is 3. The average Bonchev–Trinajstić information content (AvgIpc) is 2.60. The van der Waals surface area contributed by atoms with Crippen molar-refractivity contribution in [2.45, 2.75) is 18.3 Å². The Morgan fingerprint density at radius 3 is 2.73 bits per heavy atom. The summed E-state index contributed by atoms with van der Waals surface area (Å²) in [5.74, 6) is -0.988. The number of thiazole rings is 1. The first kappa shape index (κ1) is 10.1. The molecule has 0 radical (unpaired) electrons. The van der Waals surface area contributed by atoms with Crippen LogP contribution in [0, 0.1) is 0 Å². The van der Waals surface area contributed by atoms with Gasteiger partial charge in [-0.15, -0.1) is 0 Å². The number of nitrogens with zero attached hydrogens (tertiary/aromatic N) is 1. The highest BCUT2D eigenvalue weighted by Gasteiger charge is 2.52. The molecule has 1 heterocycles. The third-order valence-corrected chi connectivity index (χ3v) is 3.70. The van der Waals surface area contributed by atoms with Crippen LogP contribution in [0.3, 0.4) is 0 Å². The van der Waals surface area contributed by atoms with Crippen molar-refractivity contribution < 1.29 is 19.4 Å². The largest absolute Gasteiger partial charge is 0.481 e. The normalized spacial score (nSPS) is 18.3. The smallest absolute Gasteiger partial charge is 0.315 e. The maximum atomic E-state index is 11.1. The molecule has 1 N–H and O–H groups in total. The lowest BCUT2D eigenvalue weighted by Crippen LogP contribution is -2.47. The summed E-state index contributed by atoms with van der Waals surface area (Å²) in [6.07, 6.45) is 1.60. The van der Waals surface area contributed by atoms with Gasteiger partial charge in [-0.3, -0.25) is 9.59 Å². The topological polar surface area (TPSA) is 76.5 Å². The van der Waals surface area contributed by atoms with Crippen LogP contribution in [0.15, 0.2) is 6.20 Å². The fraction of sp³-hybridized carbons (Fsp3) is 0.444. The predicted octanol–water partition coefficient (Wildman–Crippen LogP) is 0.837. The van der Waals surface area contributed by atoms with Gasteiger partial charge in [-0.25, -0.2) is 4.98 Å². The molecule has 0 spiro atoms. The zero-order chi connectivity index (χ0) is 11.1. The van der Waals surface area contributed by atoms with Gasteiger partial charge >= 0.3 is 5.97 Å². The van der Waals surface area contributed by atoms with Crippen LogP contribution < -0.4 is 4.74 Å². The van der Waals surface area contributed by atoms with Gasteiger partial charge < -0.3 is 9.84 Å². The number of carbonyl (C=O) groups is 2. The molecule has 1 saturated carbocycles. The first-order chi connectivity index (χ1) is 7.08. The van der Waals surface area contributed by atoms with Crippen molar-refractivity contribution in [3.63, 3.8) is 0 Å². The number of carboxylic acids is 1. The first-order valence-corrected chi connectivity index (χ1v) is 5.15. The summed E-state index contributed by atoms with van der Waals surface area (Å²) >= 11 is 1.18. The fourth-order valence-electron chi connectivity index (χ4n) is 1.63. The van der Waals surface area contributed by atoms with Crippen LogP contribution in [0.2, 0.25) is 0 Å². The van der Waals surface area contributed by atoms with Crippen LogP contribution in [0.5, 0.6) is 5.19 Å². The number of carboxylic acid groups (broad SMARTS) is 1. The molecule has 0 unspecified atom stereocenters. The number of aliphatic carboxylic acids is 1. The Morgan fingerprint density at radius 1 is 1.67 bits per heavy atom. The lowest BCUT2D eigenvalue weighted by Gasteiger charge is -2.34. The highest BCUT2D eigenvalue weighted by atomic mass is 32.1. The maximum Gasteiger partial charge on any atom is 0.315 e. The van der Waals surface area contributed by atoms with Crippen molar-refractivity contribution in [3.8, 4) is 5.19 Å². The minimum absolute atomic E-state index is 0.0234. The van der Waals surface area contributed by atoms with Crippen molar-refractivity contribution in [1.29, 1.82) is 0 Å². The number of ether oxygens (including phenoxy) is 1. The minimum atomic E-state index is -1.05. The molecule has 1 aliphatic rings. The summed E-state index contributed by atoms with van der Waals surface area (Å²) in [5, 5.41) is 9.54. The zero-order valence-electron chi connectivity index (χ0n) is 8.02. The fourth-order valence-corrected chi connectivity index (χ4v) is 2.54. The van der Waals surface area contributed by atoms with Gasteiger partial charge in [-0.1, -0.05) is 11.3 Å². The summed E-state index contributed by atoms with van der Waals surface area (Å²) in [4.78, 5) is 26.6. The summed E-state index contributed by atoms with van der Waals surface area (Å²) in [6.45, 7) is 0. The van der Waals surface area contributed by atoms with E-state index in [2.05, 4.69) is 4.98 Å². The lowest BCUT2D eigenvalue weighted by atomic mass is 9.67. The van der Waals surface area contributed by atoms with Crippen molar-refractivity contribution >= 4 is 23.1 Å². The van der Waals surface area contributed by atoms with Crippen LogP contribution >= 0.6 is 11.3 Å². The Bertz CT molecular complexity index is 418. The Hall–Kier alpha value is -1.43. The second-order valence-corrected chi connectivity index (χ2v) is 4.47. The molecule has 2 rings (SSSR count). The number of ketones is 1. The molecule has 0 amide bonds. The van der Waals surface area contributed by atoms with Gasteiger partial charge in [0.25, 0.3) is 5.19 Å². The van der Waals surface area contributed by atoms with Crippen LogP contribution in [0.1, 0.15) is 17.7 Å². The maximum absolute atomic E-state index is 11.1. The van der Waals surface area contributed by atoms with E-state index in [-0.39, 0.29) is 18.6 Å². The van der Waals surface area contributed by atoms with Crippen LogP contribution in [0.4, 0.5) is 0 Å². The summed E-state index contributed by atoms with van der Waals surface area (Å²) in [5.41, 5.74) is -1.05. The molecule has 1 aromatic rings. The quantitative estimate of drug-likeness (QED) is 0.827. The zero-order valence-corrected chi connectivity index (χ0v) is 8.84. The van der Waals surface area contributed by atoms with Gasteiger partial charge in [0.2, 0.25) is 0 Å². The third-order valence-electron chi connectivity index (χ3n) is 2.54. The molecule has 80 valence electrons. The molecule has 0 atom stereocenters. The molecule has 0 aromatic carbocycles. The molecule has 1 aliphatic carbocycles. The number of methoxy groups -OCH3 is 1. The number of hydrogen-bond acceptors (Lipinski definition) is 5. The van der Waals surface area contributed by atoms with E-state index < -0.39 is 11.4 Å². The monoisotopic (exact) mass is 227 g/mol. The second kappa shape index (κ2) is 3.30. The van der Waals surface area contributed by atoms with Crippen LogP contribution in [-0.2, 0) is 15.0 Å². The first-order valence-electron chi connectivity index (χ1n) is 4.34. The molecule has 0 aliphatic heterocycles. The predicted molar refractivity (Wildman–Crippen MR) is 52.2 cm³/mol. The minimum Gasteiger partial charge on any atom is -0.481 e. The SMILES string of the molecule is COc1ncc(C2(C(=O)O)CC(=O)C2)s1. The van der Waals surface area contributed by atoms with E-state index in [1.54, 1.807) is 0 Å². The Morgan fingerprint density at radius 2 is 2.33 bits per heavy atom. The van der Waals surface area contributed by atoms with E-state index in [9.17, 15) is 9.59 Å². The van der Waals surface area contributed by atoms with Crippen molar-refractivity contribution in [2.24, 2.45) is 0 Å². The molecular formula is C9H9NO4S. The molecule has 5 nitrogen and oxygen atoms in total. The standard InChI is InChI=1S/C9H9NO4S/c1-14-8-10-4-6(15-8)9(7(12)13)2-5(11)3-9/h4H,2-3H2,1H3,(H,12,13). The van der Waals surface area contributed by atoms with E-state index in [0.29, 0.717) is 10.1 Å². The van der Waals surface area contributed by atoms with Gasteiger partial charge in [0.1, 0.15) is 11.2 Å². The third kappa shape index (κ3) is 1.41. The van der Waals surface area contributed by atoms with Crippen LogP contribution in [-0.4, -0.2) is 29.0 Å². The van der Waals surface area contributed by atoms with Gasteiger partial charge in [0.05, 0.1) is 7.11 Å². The van der Waals surface area contributed by atoms with Gasteiger partial charge in [0, 0.05) is 23.9 Å². The molecule has 15 heavy (non-hydrogen) atoms. The second-order valence-electron chi connectivity index (χ2n) is 3.47. The van der Waals surface area contributed by atoms with Gasteiger partial charge in [0.15, 0.2) is 0 Å². The molecule has 1 fully saturated rings. The highest BCUT2D eigenvalue weighted by Crippen LogP contribution is 2.44. The highest BCUT2D eigenvalue weighted by molar-refractivity contribution is 7.13. The Balaban J connectivity index is 2.34. The van der Waals surface area contributed by atoms with Gasteiger partial charge in [-0.05, 0) is 0 Å². The Kier molecular flexibility index (Phi) is 2.22. The van der Waals surface area contributed by atoms with Crippen LogP contribution in [0.25, 0.3) is 0 Å². The van der Waals surface area contributed by atoms with E-state index >= 15 is 0 Å². The van der Waals surface area contributed by atoms with Gasteiger partial charge in [-0.2, -0.15) is 0 Å². The lowest BCUT2D eigenvalue weighted by molar-refractivity contribution is -0.153.